The van der Waals surface area contributed by atoms with Crippen molar-refractivity contribution in [3.63, 3.8) is 0 Å². The fraction of sp³-hybridized carbons (Fsp3) is 0.238. The molecule has 0 bridgehead atoms. The fourth-order valence-electron chi connectivity index (χ4n) is 2.94. The van der Waals surface area contributed by atoms with Crippen molar-refractivity contribution in [2.45, 2.75) is 20.3 Å². The lowest BCUT2D eigenvalue weighted by Crippen LogP contribution is -2.08. The van der Waals surface area contributed by atoms with Crippen LogP contribution in [0.1, 0.15) is 45.8 Å². The Morgan fingerprint density at radius 2 is 1.54 bits per heavy atom. The first-order chi connectivity index (χ1) is 12.6. The van der Waals surface area contributed by atoms with Gasteiger partial charge in [-0.2, -0.15) is 0 Å². The predicted molar refractivity (Wildman–Crippen MR) is 99.5 cm³/mol. The minimum Gasteiger partial charge on any atom is -0.462 e. The zero-order valence-electron chi connectivity index (χ0n) is 14.9. The van der Waals surface area contributed by atoms with Gasteiger partial charge in [0, 0.05) is 17.3 Å². The van der Waals surface area contributed by atoms with E-state index in [0.29, 0.717) is 30.9 Å². The van der Waals surface area contributed by atoms with Gasteiger partial charge in [-0.15, -0.1) is 0 Å². The summed E-state index contributed by atoms with van der Waals surface area (Å²) in [5, 5.41) is 0.991. The van der Waals surface area contributed by atoms with Crippen molar-refractivity contribution in [2.75, 3.05) is 13.2 Å². The zero-order chi connectivity index (χ0) is 18.5. The van der Waals surface area contributed by atoms with Crippen LogP contribution in [0.5, 0.6) is 0 Å². The molecule has 1 aromatic heterocycles. The molecule has 3 rings (SSSR count). The number of esters is 2. The van der Waals surface area contributed by atoms with E-state index in [1.165, 1.54) is 0 Å². The van der Waals surface area contributed by atoms with Gasteiger partial charge >= 0.3 is 11.9 Å². The van der Waals surface area contributed by atoms with E-state index in [1.54, 1.807) is 26.0 Å². The van der Waals surface area contributed by atoms with Gasteiger partial charge in [0.25, 0.3) is 0 Å². The molecule has 0 saturated carbocycles. The summed E-state index contributed by atoms with van der Waals surface area (Å²) in [6.07, 6.45) is 0.557. The monoisotopic (exact) mass is 351 g/mol. The van der Waals surface area contributed by atoms with Crippen molar-refractivity contribution in [3.05, 3.63) is 70.9 Å². The van der Waals surface area contributed by atoms with Gasteiger partial charge in [0.1, 0.15) is 5.69 Å². The smallest absolute Gasteiger partial charge is 0.355 e. The number of carbonyl (C=O) groups is 2. The van der Waals surface area contributed by atoms with Gasteiger partial charge in [0.15, 0.2) is 0 Å². The number of nitrogens with one attached hydrogen (secondary N) is 1. The van der Waals surface area contributed by atoms with Crippen LogP contribution >= 0.6 is 0 Å². The SMILES string of the molecule is CCOC(=O)c1ccc(Cc2c(C(=O)OCC)[nH]c3ccccc23)cc1. The number of hydrogen-bond acceptors (Lipinski definition) is 4. The highest BCUT2D eigenvalue weighted by Crippen LogP contribution is 2.26. The third-order valence-electron chi connectivity index (χ3n) is 4.14. The lowest BCUT2D eigenvalue weighted by molar-refractivity contribution is 0.0513. The Morgan fingerprint density at radius 1 is 0.885 bits per heavy atom. The number of carbonyl (C=O) groups excluding carboxylic acids is 2. The van der Waals surface area contributed by atoms with Gasteiger partial charge in [-0.05, 0) is 43.2 Å². The first kappa shape index (κ1) is 17.7. The second-order valence-electron chi connectivity index (χ2n) is 5.84. The lowest BCUT2D eigenvalue weighted by atomic mass is 10.0. The van der Waals surface area contributed by atoms with Crippen LogP contribution in [0.15, 0.2) is 48.5 Å². The first-order valence-electron chi connectivity index (χ1n) is 8.66. The van der Waals surface area contributed by atoms with E-state index in [-0.39, 0.29) is 11.9 Å². The van der Waals surface area contributed by atoms with Crippen LogP contribution in [0.4, 0.5) is 0 Å². The number of rotatable bonds is 6. The largest absolute Gasteiger partial charge is 0.462 e. The summed E-state index contributed by atoms with van der Waals surface area (Å²) in [5.74, 6) is -0.694. The highest BCUT2D eigenvalue weighted by molar-refractivity contribution is 5.98. The maximum atomic E-state index is 12.3. The Morgan fingerprint density at radius 3 is 2.23 bits per heavy atom. The molecule has 5 nitrogen and oxygen atoms in total. The molecule has 0 spiro atoms. The Kier molecular flexibility index (Phi) is 5.37. The fourth-order valence-corrected chi connectivity index (χ4v) is 2.94. The van der Waals surface area contributed by atoms with Crippen LogP contribution in [0.2, 0.25) is 0 Å². The van der Waals surface area contributed by atoms with Crippen molar-refractivity contribution in [1.29, 1.82) is 0 Å². The second-order valence-corrected chi connectivity index (χ2v) is 5.84. The molecule has 5 heteroatoms. The van der Waals surface area contributed by atoms with Crippen LogP contribution in [0.3, 0.4) is 0 Å². The Hall–Kier alpha value is -3.08. The van der Waals surface area contributed by atoms with Crippen molar-refractivity contribution >= 4 is 22.8 Å². The summed E-state index contributed by atoms with van der Waals surface area (Å²) >= 11 is 0. The van der Waals surface area contributed by atoms with Gasteiger partial charge in [0.2, 0.25) is 0 Å². The maximum Gasteiger partial charge on any atom is 0.355 e. The van der Waals surface area contributed by atoms with Crippen molar-refractivity contribution < 1.29 is 19.1 Å². The molecule has 0 unspecified atom stereocenters. The number of ether oxygens (including phenoxy) is 2. The van der Waals surface area contributed by atoms with Crippen LogP contribution in [-0.2, 0) is 15.9 Å². The molecule has 0 radical (unpaired) electrons. The average Bonchev–Trinajstić information content (AvgIpc) is 3.01. The molecule has 0 aliphatic rings. The molecule has 0 amide bonds. The molecular weight excluding hydrogens is 330 g/mol. The standard InChI is InChI=1S/C21H21NO4/c1-3-25-20(23)15-11-9-14(10-12-15)13-17-16-7-5-6-8-18(16)22-19(17)21(24)26-4-2/h5-12,22H,3-4,13H2,1-2H3. The van der Waals surface area contributed by atoms with Crippen LogP contribution < -0.4 is 0 Å². The quantitative estimate of drug-likeness (QED) is 0.679. The normalized spacial score (nSPS) is 10.7. The molecule has 2 aromatic carbocycles. The summed E-state index contributed by atoms with van der Waals surface area (Å²) in [6.45, 7) is 4.23. The summed E-state index contributed by atoms with van der Waals surface area (Å²) in [6, 6.07) is 15.0. The highest BCUT2D eigenvalue weighted by Gasteiger charge is 2.19. The highest BCUT2D eigenvalue weighted by atomic mass is 16.5. The molecule has 26 heavy (non-hydrogen) atoms. The van der Waals surface area contributed by atoms with E-state index in [9.17, 15) is 9.59 Å². The van der Waals surface area contributed by atoms with Crippen LogP contribution in [-0.4, -0.2) is 30.1 Å². The minimum absolute atomic E-state index is 0.321. The third-order valence-corrected chi connectivity index (χ3v) is 4.14. The number of hydrogen-bond donors (Lipinski definition) is 1. The third kappa shape index (κ3) is 3.61. The molecular formula is C21H21NO4. The van der Waals surface area contributed by atoms with Crippen molar-refractivity contribution in [1.82, 2.24) is 4.98 Å². The first-order valence-corrected chi connectivity index (χ1v) is 8.66. The van der Waals surface area contributed by atoms with E-state index in [0.717, 1.165) is 22.0 Å². The number of aromatic nitrogens is 1. The van der Waals surface area contributed by atoms with Crippen molar-refractivity contribution in [2.24, 2.45) is 0 Å². The Bertz CT molecular complexity index is 925. The van der Waals surface area contributed by atoms with E-state index in [1.807, 2.05) is 36.4 Å². The second kappa shape index (κ2) is 7.87. The number of aromatic amines is 1. The zero-order valence-corrected chi connectivity index (χ0v) is 14.9. The van der Waals surface area contributed by atoms with E-state index >= 15 is 0 Å². The average molecular weight is 351 g/mol. The van der Waals surface area contributed by atoms with Crippen molar-refractivity contribution in [3.8, 4) is 0 Å². The summed E-state index contributed by atoms with van der Waals surface area (Å²) in [5.41, 5.74) is 3.77. The van der Waals surface area contributed by atoms with E-state index in [2.05, 4.69) is 4.98 Å². The number of benzene rings is 2. The van der Waals surface area contributed by atoms with E-state index in [4.69, 9.17) is 9.47 Å². The predicted octanol–water partition coefficient (Wildman–Crippen LogP) is 4.11. The van der Waals surface area contributed by atoms with Crippen LogP contribution in [0, 0.1) is 0 Å². The molecule has 1 heterocycles. The summed E-state index contributed by atoms with van der Waals surface area (Å²) in [4.78, 5) is 27.3. The van der Waals surface area contributed by atoms with Gasteiger partial charge in [-0.3, -0.25) is 0 Å². The molecule has 0 aliphatic carbocycles. The van der Waals surface area contributed by atoms with Crippen LogP contribution in [0.25, 0.3) is 10.9 Å². The Balaban J connectivity index is 1.93. The van der Waals surface area contributed by atoms with Gasteiger partial charge < -0.3 is 14.5 Å². The van der Waals surface area contributed by atoms with Gasteiger partial charge in [-0.25, -0.2) is 9.59 Å². The number of H-pyrrole nitrogens is 1. The molecule has 1 N–H and O–H groups in total. The summed E-state index contributed by atoms with van der Waals surface area (Å²) < 4.78 is 10.2. The lowest BCUT2D eigenvalue weighted by Gasteiger charge is -2.06. The molecule has 0 atom stereocenters. The molecule has 0 fully saturated rings. The molecule has 134 valence electrons. The Labute approximate surface area is 151 Å². The topological polar surface area (TPSA) is 68.4 Å². The summed E-state index contributed by atoms with van der Waals surface area (Å²) in [7, 11) is 0. The molecule has 0 saturated heterocycles. The minimum atomic E-state index is -0.359. The van der Waals surface area contributed by atoms with Gasteiger partial charge in [0.05, 0.1) is 18.8 Å². The van der Waals surface area contributed by atoms with E-state index < -0.39 is 0 Å². The number of para-hydroxylation sites is 1. The van der Waals surface area contributed by atoms with Gasteiger partial charge in [-0.1, -0.05) is 30.3 Å². The molecule has 3 aromatic rings. The number of fused-ring (bicyclic) bond motifs is 1. The molecule has 0 aliphatic heterocycles. The maximum absolute atomic E-state index is 12.3.